The van der Waals surface area contributed by atoms with Gasteiger partial charge < -0.3 is 4.90 Å². The fourth-order valence-electron chi connectivity index (χ4n) is 2.17. The first kappa shape index (κ1) is 18.5. The van der Waals surface area contributed by atoms with Crippen LogP contribution in [0.25, 0.3) is 0 Å². The van der Waals surface area contributed by atoms with E-state index in [9.17, 15) is 9.00 Å². The molecule has 2 rings (SSSR count). The monoisotopic (exact) mass is 406 g/mol. The first-order valence-corrected chi connectivity index (χ1v) is 9.57. The maximum absolute atomic E-state index is 12.8. The van der Waals surface area contributed by atoms with Crippen molar-refractivity contribution >= 4 is 38.5 Å². The number of rotatable bonds is 6. The van der Waals surface area contributed by atoms with Gasteiger partial charge in [0.15, 0.2) is 16.8 Å². The molecule has 126 valence electrons. The average Bonchev–Trinajstić information content (AvgIpc) is 2.62. The molecule has 0 aliphatic heterocycles. The maximum Gasteiger partial charge on any atom is 0.228 e. The van der Waals surface area contributed by atoms with Crippen LogP contribution in [0.1, 0.15) is 24.2 Å². The lowest BCUT2D eigenvalue weighted by molar-refractivity contribution is 0.105. The highest BCUT2D eigenvalue weighted by molar-refractivity contribution is 9.10. The van der Waals surface area contributed by atoms with Crippen molar-refractivity contribution < 1.29 is 9.00 Å². The number of hydrogen-bond acceptors (Lipinski definition) is 2. The van der Waals surface area contributed by atoms with Crippen molar-refractivity contribution in [2.24, 2.45) is 4.40 Å². The number of nitrogens with zero attached hydrogens (tertiary/aromatic N) is 2. The van der Waals surface area contributed by atoms with Gasteiger partial charge in [-0.25, -0.2) is 4.21 Å². The molecule has 2 aromatic carbocycles. The van der Waals surface area contributed by atoms with Crippen LogP contribution in [0, 0.1) is 0 Å². The summed E-state index contributed by atoms with van der Waals surface area (Å²) < 4.78 is 17.7. The van der Waals surface area contributed by atoms with E-state index in [4.69, 9.17) is 0 Å². The zero-order valence-electron chi connectivity index (χ0n) is 13.6. The Labute approximate surface area is 153 Å². The molecule has 2 aromatic rings. The second-order valence-corrected chi connectivity index (χ2v) is 7.05. The third kappa shape index (κ3) is 4.61. The van der Waals surface area contributed by atoms with Crippen LogP contribution in [0.3, 0.4) is 0 Å². The zero-order chi connectivity index (χ0) is 17.5. The van der Waals surface area contributed by atoms with E-state index in [1.54, 1.807) is 48.5 Å². The Morgan fingerprint density at radius 3 is 2.17 bits per heavy atom. The third-order valence-corrected chi connectivity index (χ3v) is 5.03. The van der Waals surface area contributed by atoms with Crippen LogP contribution in [0.5, 0.6) is 0 Å². The van der Waals surface area contributed by atoms with E-state index in [0.717, 1.165) is 4.47 Å². The standard InChI is InChI=1S/C18H19BrN2O2S/c1-3-21(4-2)18(17(22)14-8-6-5-7-9-14)20-24(23)16-12-10-15(19)11-13-16/h5-13H,3-4H2,1-2H3/b20-18-. The summed E-state index contributed by atoms with van der Waals surface area (Å²) >= 11 is 3.35. The molecule has 1 unspecified atom stereocenters. The quantitative estimate of drug-likeness (QED) is 0.412. The van der Waals surface area contributed by atoms with E-state index in [2.05, 4.69) is 20.3 Å². The number of likely N-dealkylation sites (N-methyl/N-ethyl adjacent to an activating group) is 1. The van der Waals surface area contributed by atoms with Crippen LogP contribution >= 0.6 is 15.9 Å². The van der Waals surface area contributed by atoms with Gasteiger partial charge in [0.2, 0.25) is 5.78 Å². The SMILES string of the molecule is CCN(CC)/C(=N\S(=O)c1ccc(Br)cc1)C(=O)c1ccccc1. The van der Waals surface area contributed by atoms with Gasteiger partial charge in [-0.05, 0) is 38.1 Å². The van der Waals surface area contributed by atoms with Crippen molar-refractivity contribution in [3.05, 3.63) is 64.6 Å². The van der Waals surface area contributed by atoms with Gasteiger partial charge in [-0.15, -0.1) is 0 Å². The highest BCUT2D eigenvalue weighted by Gasteiger charge is 2.20. The van der Waals surface area contributed by atoms with Gasteiger partial charge in [-0.3, -0.25) is 4.79 Å². The Hall–Kier alpha value is -1.79. The molecule has 0 saturated carbocycles. The van der Waals surface area contributed by atoms with Crippen LogP contribution in [0.15, 0.2) is 68.4 Å². The van der Waals surface area contributed by atoms with Gasteiger partial charge in [-0.1, -0.05) is 46.3 Å². The minimum atomic E-state index is -1.64. The summed E-state index contributed by atoms with van der Waals surface area (Å²) in [4.78, 5) is 15.2. The van der Waals surface area contributed by atoms with E-state index >= 15 is 0 Å². The highest BCUT2D eigenvalue weighted by atomic mass is 79.9. The number of Topliss-reactive ketones (excluding diaryl/α,β-unsaturated/α-hetero) is 1. The van der Waals surface area contributed by atoms with Gasteiger partial charge in [0.25, 0.3) is 0 Å². The van der Waals surface area contributed by atoms with Crippen molar-refractivity contribution in [1.82, 2.24) is 4.90 Å². The molecule has 0 aromatic heterocycles. The summed E-state index contributed by atoms with van der Waals surface area (Å²) in [6, 6.07) is 16.0. The fourth-order valence-corrected chi connectivity index (χ4v) is 3.26. The minimum absolute atomic E-state index is 0.218. The van der Waals surface area contributed by atoms with Gasteiger partial charge in [0, 0.05) is 23.1 Å². The van der Waals surface area contributed by atoms with Gasteiger partial charge >= 0.3 is 0 Å². The molecule has 0 aliphatic rings. The Balaban J connectivity index is 2.40. The smallest absolute Gasteiger partial charge is 0.228 e. The van der Waals surface area contributed by atoms with Crippen molar-refractivity contribution in [3.63, 3.8) is 0 Å². The molecule has 0 radical (unpaired) electrons. The topological polar surface area (TPSA) is 49.7 Å². The summed E-state index contributed by atoms with van der Waals surface area (Å²) in [5.74, 6) is 0.0113. The second-order valence-electron chi connectivity index (χ2n) is 4.99. The number of hydrogen-bond donors (Lipinski definition) is 0. The number of halogens is 1. The molecule has 0 amide bonds. The van der Waals surface area contributed by atoms with Crippen LogP contribution in [-0.4, -0.2) is 33.8 Å². The minimum Gasteiger partial charge on any atom is -0.353 e. The fraction of sp³-hybridized carbons (Fsp3) is 0.222. The zero-order valence-corrected chi connectivity index (χ0v) is 16.0. The van der Waals surface area contributed by atoms with E-state index in [1.807, 2.05) is 24.8 Å². The largest absolute Gasteiger partial charge is 0.353 e. The Kier molecular flexibility index (Phi) is 6.87. The molecular formula is C18H19BrN2O2S. The Morgan fingerprint density at radius 2 is 1.62 bits per heavy atom. The molecular weight excluding hydrogens is 388 g/mol. The first-order chi connectivity index (χ1) is 11.6. The van der Waals surface area contributed by atoms with Crippen molar-refractivity contribution in [3.8, 4) is 0 Å². The molecule has 0 aliphatic carbocycles. The molecule has 1 atom stereocenters. The Morgan fingerprint density at radius 1 is 1.04 bits per heavy atom. The predicted octanol–water partition coefficient (Wildman–Crippen LogP) is 4.09. The number of amidine groups is 1. The van der Waals surface area contributed by atoms with Crippen molar-refractivity contribution in [2.75, 3.05) is 13.1 Å². The molecule has 4 nitrogen and oxygen atoms in total. The summed E-state index contributed by atoms with van der Waals surface area (Å²) in [6.45, 7) is 5.12. The number of carbonyl (C=O) groups is 1. The normalized spacial score (nSPS) is 12.7. The van der Waals surface area contributed by atoms with E-state index in [0.29, 0.717) is 23.5 Å². The Bertz CT molecular complexity index is 741. The first-order valence-electron chi connectivity index (χ1n) is 7.67. The molecule has 0 N–H and O–H groups in total. The molecule has 0 bridgehead atoms. The molecule has 24 heavy (non-hydrogen) atoms. The van der Waals surface area contributed by atoms with Crippen molar-refractivity contribution in [1.29, 1.82) is 0 Å². The van der Waals surface area contributed by atoms with E-state index in [-0.39, 0.29) is 11.6 Å². The number of carbonyl (C=O) groups excluding carboxylic acids is 1. The third-order valence-electron chi connectivity index (χ3n) is 3.49. The van der Waals surface area contributed by atoms with Crippen LogP contribution < -0.4 is 0 Å². The van der Waals surface area contributed by atoms with E-state index in [1.165, 1.54) is 0 Å². The lowest BCUT2D eigenvalue weighted by atomic mass is 10.1. The van der Waals surface area contributed by atoms with Gasteiger partial charge in [0.1, 0.15) is 0 Å². The molecule has 0 fully saturated rings. The van der Waals surface area contributed by atoms with Crippen LogP contribution in [0.2, 0.25) is 0 Å². The van der Waals surface area contributed by atoms with Gasteiger partial charge in [0.05, 0.1) is 4.90 Å². The molecule has 0 saturated heterocycles. The molecule has 0 heterocycles. The molecule has 0 spiro atoms. The predicted molar refractivity (Wildman–Crippen MR) is 102 cm³/mol. The van der Waals surface area contributed by atoms with Crippen LogP contribution in [-0.2, 0) is 11.0 Å². The van der Waals surface area contributed by atoms with Crippen molar-refractivity contribution in [2.45, 2.75) is 18.7 Å². The number of benzene rings is 2. The van der Waals surface area contributed by atoms with Crippen LogP contribution in [0.4, 0.5) is 0 Å². The van der Waals surface area contributed by atoms with Gasteiger partial charge in [-0.2, -0.15) is 4.40 Å². The van der Waals surface area contributed by atoms with E-state index < -0.39 is 11.0 Å². The maximum atomic E-state index is 12.8. The highest BCUT2D eigenvalue weighted by Crippen LogP contribution is 2.15. The average molecular weight is 407 g/mol. The summed E-state index contributed by atoms with van der Waals surface area (Å²) in [7, 11) is -1.64. The second kappa shape index (κ2) is 8.89. The lowest BCUT2D eigenvalue weighted by Crippen LogP contribution is -2.37. The summed E-state index contributed by atoms with van der Waals surface area (Å²) in [6.07, 6.45) is 0. The lowest BCUT2D eigenvalue weighted by Gasteiger charge is -2.21. The molecule has 6 heteroatoms. The number of ketones is 1. The summed E-state index contributed by atoms with van der Waals surface area (Å²) in [5, 5.41) is 0. The summed E-state index contributed by atoms with van der Waals surface area (Å²) in [5.41, 5.74) is 0.538.